The molecular weight excluding hydrogens is 352 g/mol. The van der Waals surface area contributed by atoms with Crippen LogP contribution in [0.3, 0.4) is 0 Å². The SMILES string of the molecule is N#Cc1ccccc1Sc1ccccc1C(=O)Nc1ccc(Cl)cc1. The fourth-order valence-corrected chi connectivity index (χ4v) is 3.39. The van der Waals surface area contributed by atoms with Gasteiger partial charge in [0, 0.05) is 20.5 Å². The molecular formula is C20H13ClN2OS. The Kier molecular flexibility index (Phi) is 5.39. The zero-order valence-electron chi connectivity index (χ0n) is 13.1. The van der Waals surface area contributed by atoms with E-state index in [4.69, 9.17) is 11.6 Å². The molecule has 0 radical (unpaired) electrons. The molecule has 0 aliphatic heterocycles. The average Bonchev–Trinajstić information content (AvgIpc) is 2.64. The number of nitrogens with zero attached hydrogens (tertiary/aromatic N) is 1. The highest BCUT2D eigenvalue weighted by atomic mass is 35.5. The lowest BCUT2D eigenvalue weighted by Crippen LogP contribution is -2.12. The van der Waals surface area contributed by atoms with Crippen molar-refractivity contribution in [2.75, 3.05) is 5.32 Å². The third-order valence-electron chi connectivity index (χ3n) is 3.46. The summed E-state index contributed by atoms with van der Waals surface area (Å²) in [6.45, 7) is 0. The molecule has 3 aromatic carbocycles. The second kappa shape index (κ2) is 7.89. The number of rotatable bonds is 4. The van der Waals surface area contributed by atoms with Gasteiger partial charge in [-0.25, -0.2) is 0 Å². The molecule has 0 atom stereocenters. The number of nitrogens with one attached hydrogen (secondary N) is 1. The minimum atomic E-state index is -0.208. The minimum absolute atomic E-state index is 0.208. The molecule has 0 saturated carbocycles. The molecule has 1 amide bonds. The molecule has 0 heterocycles. The van der Waals surface area contributed by atoms with Crippen molar-refractivity contribution >= 4 is 35.0 Å². The number of carbonyl (C=O) groups is 1. The van der Waals surface area contributed by atoms with Gasteiger partial charge in [-0.2, -0.15) is 5.26 Å². The zero-order chi connectivity index (χ0) is 17.6. The molecule has 3 aromatic rings. The van der Waals surface area contributed by atoms with Gasteiger partial charge in [0.25, 0.3) is 5.91 Å². The molecule has 0 saturated heterocycles. The summed E-state index contributed by atoms with van der Waals surface area (Å²) in [6, 6.07) is 23.8. The van der Waals surface area contributed by atoms with Crippen LogP contribution in [-0.2, 0) is 0 Å². The van der Waals surface area contributed by atoms with Crippen molar-refractivity contribution in [2.24, 2.45) is 0 Å². The maximum absolute atomic E-state index is 12.6. The Morgan fingerprint density at radius 2 is 1.56 bits per heavy atom. The monoisotopic (exact) mass is 364 g/mol. The standard InChI is InChI=1S/C20H13ClN2OS/c21-15-9-11-16(12-10-15)23-20(24)17-6-2-4-8-19(17)25-18-7-3-1-5-14(18)13-22/h1-12H,(H,23,24). The van der Waals surface area contributed by atoms with E-state index in [1.807, 2.05) is 36.4 Å². The highest BCUT2D eigenvalue weighted by molar-refractivity contribution is 7.99. The lowest BCUT2D eigenvalue weighted by molar-refractivity contribution is 0.102. The molecule has 0 aliphatic carbocycles. The summed E-state index contributed by atoms with van der Waals surface area (Å²) >= 11 is 7.27. The normalized spacial score (nSPS) is 10.1. The maximum atomic E-state index is 12.6. The van der Waals surface area contributed by atoms with Crippen molar-refractivity contribution in [2.45, 2.75) is 9.79 Å². The first-order chi connectivity index (χ1) is 12.2. The quantitative estimate of drug-likeness (QED) is 0.654. The molecule has 0 aromatic heterocycles. The fourth-order valence-electron chi connectivity index (χ4n) is 2.24. The van der Waals surface area contributed by atoms with Crippen molar-refractivity contribution in [3.8, 4) is 6.07 Å². The summed E-state index contributed by atoms with van der Waals surface area (Å²) in [7, 11) is 0. The number of benzene rings is 3. The van der Waals surface area contributed by atoms with Gasteiger partial charge in [-0.05, 0) is 48.5 Å². The van der Waals surface area contributed by atoms with Gasteiger partial charge < -0.3 is 5.32 Å². The topological polar surface area (TPSA) is 52.9 Å². The van der Waals surface area contributed by atoms with E-state index in [2.05, 4.69) is 11.4 Å². The first-order valence-electron chi connectivity index (χ1n) is 7.50. The van der Waals surface area contributed by atoms with Crippen molar-refractivity contribution < 1.29 is 4.79 Å². The molecule has 0 spiro atoms. The second-order valence-corrected chi connectivity index (χ2v) is 6.69. The van der Waals surface area contributed by atoms with Gasteiger partial charge in [0.2, 0.25) is 0 Å². The van der Waals surface area contributed by atoms with Gasteiger partial charge in [0.1, 0.15) is 6.07 Å². The van der Waals surface area contributed by atoms with Crippen LogP contribution in [-0.4, -0.2) is 5.91 Å². The summed E-state index contributed by atoms with van der Waals surface area (Å²) < 4.78 is 0. The van der Waals surface area contributed by atoms with Gasteiger partial charge in [-0.15, -0.1) is 0 Å². The molecule has 5 heteroatoms. The third kappa shape index (κ3) is 4.21. The van der Waals surface area contributed by atoms with Crippen LogP contribution in [0.2, 0.25) is 5.02 Å². The predicted octanol–water partition coefficient (Wildman–Crippen LogP) is 5.62. The first-order valence-corrected chi connectivity index (χ1v) is 8.70. The molecule has 3 nitrogen and oxygen atoms in total. The lowest BCUT2D eigenvalue weighted by atomic mass is 10.2. The molecule has 122 valence electrons. The Hall–Kier alpha value is -2.74. The predicted molar refractivity (Wildman–Crippen MR) is 101 cm³/mol. The number of carbonyl (C=O) groups excluding carboxylic acids is 1. The van der Waals surface area contributed by atoms with E-state index in [1.54, 1.807) is 36.4 Å². The third-order valence-corrected chi connectivity index (χ3v) is 4.86. The summed E-state index contributed by atoms with van der Waals surface area (Å²) in [5.74, 6) is -0.208. The lowest BCUT2D eigenvalue weighted by Gasteiger charge is -2.10. The molecule has 25 heavy (non-hydrogen) atoms. The Morgan fingerprint density at radius 3 is 2.28 bits per heavy atom. The van der Waals surface area contributed by atoms with Crippen LogP contribution in [0.5, 0.6) is 0 Å². The van der Waals surface area contributed by atoms with Crippen molar-refractivity contribution in [3.63, 3.8) is 0 Å². The van der Waals surface area contributed by atoms with E-state index in [0.717, 1.165) is 9.79 Å². The molecule has 0 unspecified atom stereocenters. The van der Waals surface area contributed by atoms with Crippen LogP contribution in [0.4, 0.5) is 5.69 Å². The van der Waals surface area contributed by atoms with Crippen molar-refractivity contribution in [1.82, 2.24) is 0 Å². The number of amides is 1. The average molecular weight is 365 g/mol. The van der Waals surface area contributed by atoms with Gasteiger partial charge in [0.05, 0.1) is 11.1 Å². The molecule has 0 aliphatic rings. The van der Waals surface area contributed by atoms with Crippen LogP contribution >= 0.6 is 23.4 Å². The number of halogens is 1. The smallest absolute Gasteiger partial charge is 0.256 e. The highest BCUT2D eigenvalue weighted by Crippen LogP contribution is 2.32. The van der Waals surface area contributed by atoms with Crippen LogP contribution in [0.1, 0.15) is 15.9 Å². The van der Waals surface area contributed by atoms with E-state index in [1.165, 1.54) is 11.8 Å². The summed E-state index contributed by atoms with van der Waals surface area (Å²) in [4.78, 5) is 14.2. The minimum Gasteiger partial charge on any atom is -0.322 e. The van der Waals surface area contributed by atoms with E-state index in [9.17, 15) is 10.1 Å². The Balaban J connectivity index is 1.86. The van der Waals surface area contributed by atoms with Crippen LogP contribution < -0.4 is 5.32 Å². The van der Waals surface area contributed by atoms with E-state index >= 15 is 0 Å². The van der Waals surface area contributed by atoms with Crippen molar-refractivity contribution in [3.05, 3.63) is 88.9 Å². The van der Waals surface area contributed by atoms with Crippen molar-refractivity contribution in [1.29, 1.82) is 5.26 Å². The summed E-state index contributed by atoms with van der Waals surface area (Å²) in [5, 5.41) is 12.7. The van der Waals surface area contributed by atoms with Crippen LogP contribution in [0, 0.1) is 11.3 Å². The van der Waals surface area contributed by atoms with E-state index in [0.29, 0.717) is 21.8 Å². The molecule has 1 N–H and O–H groups in total. The number of hydrogen-bond donors (Lipinski definition) is 1. The first kappa shape index (κ1) is 17.1. The molecule has 3 rings (SSSR count). The van der Waals surface area contributed by atoms with Crippen LogP contribution in [0.25, 0.3) is 0 Å². The van der Waals surface area contributed by atoms with E-state index < -0.39 is 0 Å². The Labute approximate surface area is 155 Å². The largest absolute Gasteiger partial charge is 0.322 e. The Bertz CT molecular complexity index is 948. The summed E-state index contributed by atoms with van der Waals surface area (Å²) in [5.41, 5.74) is 1.81. The number of hydrogen-bond acceptors (Lipinski definition) is 3. The molecule has 0 fully saturated rings. The number of nitriles is 1. The number of anilines is 1. The maximum Gasteiger partial charge on any atom is 0.256 e. The Morgan fingerprint density at radius 1 is 0.920 bits per heavy atom. The van der Waals surface area contributed by atoms with Gasteiger partial charge in [-0.3, -0.25) is 4.79 Å². The fraction of sp³-hybridized carbons (Fsp3) is 0. The second-order valence-electron chi connectivity index (χ2n) is 5.17. The van der Waals surface area contributed by atoms with Gasteiger partial charge >= 0.3 is 0 Å². The van der Waals surface area contributed by atoms with Gasteiger partial charge in [-0.1, -0.05) is 47.6 Å². The van der Waals surface area contributed by atoms with E-state index in [-0.39, 0.29) is 5.91 Å². The zero-order valence-corrected chi connectivity index (χ0v) is 14.6. The highest BCUT2D eigenvalue weighted by Gasteiger charge is 2.13. The van der Waals surface area contributed by atoms with Gasteiger partial charge in [0.15, 0.2) is 0 Å². The molecule has 0 bridgehead atoms. The van der Waals surface area contributed by atoms with Crippen LogP contribution in [0.15, 0.2) is 82.6 Å². The summed E-state index contributed by atoms with van der Waals surface area (Å²) in [6.07, 6.45) is 0.